The van der Waals surface area contributed by atoms with Crippen molar-refractivity contribution in [2.24, 2.45) is 5.92 Å². The zero-order valence-corrected chi connectivity index (χ0v) is 16.2. The number of carbonyl (C=O) groups is 3. The van der Waals surface area contributed by atoms with E-state index in [-0.39, 0.29) is 13.0 Å². The van der Waals surface area contributed by atoms with Crippen LogP contribution in [-0.2, 0) is 27.2 Å². The van der Waals surface area contributed by atoms with Gasteiger partial charge in [-0.05, 0) is 30.0 Å². The van der Waals surface area contributed by atoms with Gasteiger partial charge in [-0.25, -0.2) is 4.79 Å². The number of anilines is 1. The zero-order chi connectivity index (χ0) is 21.0. The maximum atomic E-state index is 13.1. The molecule has 0 bridgehead atoms. The Morgan fingerprint density at radius 2 is 1.72 bits per heavy atom. The van der Waals surface area contributed by atoms with Gasteiger partial charge in [0.1, 0.15) is 0 Å². The number of hydrogen-bond acceptors (Lipinski definition) is 4. The number of nitrogens with zero attached hydrogens (tertiary/aromatic N) is 1. The van der Waals surface area contributed by atoms with Crippen LogP contribution >= 0.6 is 0 Å². The third-order valence-electron chi connectivity index (χ3n) is 5.37. The summed E-state index contributed by atoms with van der Waals surface area (Å²) in [6.45, 7) is -0.0615. The summed E-state index contributed by atoms with van der Waals surface area (Å²) in [7, 11) is 1.45. The molecule has 1 aliphatic rings. The number of carboxylic acids is 2. The summed E-state index contributed by atoms with van der Waals surface area (Å²) in [5.41, 5.74) is 0.551. The SMILES string of the molecule is CN(C[C@@H](CCc1ccccc1)C(=O)O)C(=O)[C@]1(C(=O)O)Cc2ccccc2N1. The molecule has 0 saturated carbocycles. The molecule has 0 radical (unpaired) electrons. The molecule has 152 valence electrons. The number of rotatable bonds is 8. The first kappa shape index (κ1) is 20.4. The quantitative estimate of drug-likeness (QED) is 0.591. The van der Waals surface area contributed by atoms with Gasteiger partial charge in [-0.15, -0.1) is 0 Å². The molecular formula is C22H24N2O5. The Labute approximate surface area is 169 Å². The van der Waals surface area contributed by atoms with Gasteiger partial charge in [-0.1, -0.05) is 48.5 Å². The maximum absolute atomic E-state index is 13.1. The number of likely N-dealkylation sites (N-methyl/N-ethyl adjacent to an activating group) is 1. The Kier molecular flexibility index (Phi) is 5.87. The molecule has 7 nitrogen and oxygen atoms in total. The second kappa shape index (κ2) is 8.34. The fourth-order valence-electron chi connectivity index (χ4n) is 3.72. The normalized spacial score (nSPS) is 18.4. The number of aryl methyl sites for hydroxylation is 1. The average molecular weight is 396 g/mol. The summed E-state index contributed by atoms with van der Waals surface area (Å²) in [5.74, 6) is -3.72. The number of carboxylic acid groups (broad SMARTS) is 2. The molecule has 3 N–H and O–H groups in total. The van der Waals surface area contributed by atoms with Crippen LogP contribution in [-0.4, -0.2) is 52.1 Å². The molecule has 0 spiro atoms. The highest BCUT2D eigenvalue weighted by Gasteiger charge is 2.52. The van der Waals surface area contributed by atoms with E-state index in [2.05, 4.69) is 5.32 Å². The van der Waals surface area contributed by atoms with Crippen molar-refractivity contribution in [2.45, 2.75) is 24.8 Å². The molecule has 0 aliphatic carbocycles. The molecule has 0 aromatic heterocycles. The Morgan fingerprint density at radius 1 is 1.07 bits per heavy atom. The molecule has 0 saturated heterocycles. The molecule has 0 unspecified atom stereocenters. The summed E-state index contributed by atoms with van der Waals surface area (Å²) in [4.78, 5) is 38.1. The fraction of sp³-hybridized carbons (Fsp3) is 0.318. The van der Waals surface area contributed by atoms with E-state index in [1.807, 2.05) is 30.3 Å². The third-order valence-corrected chi connectivity index (χ3v) is 5.37. The van der Waals surface area contributed by atoms with E-state index in [9.17, 15) is 24.6 Å². The average Bonchev–Trinajstić information content (AvgIpc) is 3.12. The first-order chi connectivity index (χ1) is 13.8. The second-order valence-corrected chi connectivity index (χ2v) is 7.41. The largest absolute Gasteiger partial charge is 0.481 e. The fourth-order valence-corrected chi connectivity index (χ4v) is 3.72. The van der Waals surface area contributed by atoms with E-state index in [1.54, 1.807) is 24.3 Å². The van der Waals surface area contributed by atoms with Crippen LogP contribution in [0.15, 0.2) is 54.6 Å². The van der Waals surface area contributed by atoms with Crippen molar-refractivity contribution in [3.05, 3.63) is 65.7 Å². The third kappa shape index (κ3) is 4.23. The molecule has 3 rings (SSSR count). The van der Waals surface area contributed by atoms with Gasteiger partial charge in [-0.2, -0.15) is 0 Å². The summed E-state index contributed by atoms with van der Waals surface area (Å²) in [5, 5.41) is 22.3. The lowest BCUT2D eigenvalue weighted by molar-refractivity contribution is -0.151. The lowest BCUT2D eigenvalue weighted by Crippen LogP contribution is -2.58. The van der Waals surface area contributed by atoms with Gasteiger partial charge >= 0.3 is 11.9 Å². The molecule has 2 aromatic carbocycles. The van der Waals surface area contributed by atoms with Crippen LogP contribution in [0.25, 0.3) is 0 Å². The number of benzene rings is 2. The van der Waals surface area contributed by atoms with Crippen LogP contribution < -0.4 is 5.32 Å². The Balaban J connectivity index is 1.72. The minimum Gasteiger partial charge on any atom is -0.481 e. The Hall–Kier alpha value is -3.35. The Morgan fingerprint density at radius 3 is 2.34 bits per heavy atom. The summed E-state index contributed by atoms with van der Waals surface area (Å²) >= 11 is 0. The molecular weight excluding hydrogens is 372 g/mol. The van der Waals surface area contributed by atoms with Crippen LogP contribution in [0.1, 0.15) is 17.5 Å². The van der Waals surface area contributed by atoms with Crippen molar-refractivity contribution >= 4 is 23.5 Å². The van der Waals surface area contributed by atoms with Gasteiger partial charge in [0.05, 0.1) is 5.92 Å². The number of para-hydroxylation sites is 1. The monoisotopic (exact) mass is 396 g/mol. The molecule has 1 amide bonds. The van der Waals surface area contributed by atoms with E-state index < -0.39 is 29.3 Å². The molecule has 2 aromatic rings. The van der Waals surface area contributed by atoms with Gasteiger partial charge in [-0.3, -0.25) is 9.59 Å². The van der Waals surface area contributed by atoms with Crippen LogP contribution in [0, 0.1) is 5.92 Å². The maximum Gasteiger partial charge on any atom is 0.339 e. The van der Waals surface area contributed by atoms with Crippen molar-refractivity contribution in [1.82, 2.24) is 4.90 Å². The van der Waals surface area contributed by atoms with Crippen LogP contribution in [0.2, 0.25) is 0 Å². The molecule has 29 heavy (non-hydrogen) atoms. The van der Waals surface area contributed by atoms with Gasteiger partial charge < -0.3 is 20.4 Å². The van der Waals surface area contributed by atoms with Crippen LogP contribution in [0.3, 0.4) is 0 Å². The number of carbonyl (C=O) groups excluding carboxylic acids is 1. The van der Waals surface area contributed by atoms with E-state index in [1.165, 1.54) is 11.9 Å². The van der Waals surface area contributed by atoms with Crippen molar-refractivity contribution in [3.63, 3.8) is 0 Å². The zero-order valence-electron chi connectivity index (χ0n) is 16.2. The number of fused-ring (bicyclic) bond motifs is 1. The standard InChI is InChI=1S/C22H24N2O5/c1-24(14-17(19(25)26)12-11-15-7-3-2-4-8-15)20(27)22(21(28)29)13-16-9-5-6-10-18(16)23-22/h2-10,17,23H,11-14H2,1H3,(H,25,26)(H,28,29)/t17-,22+/m1/s1. The second-order valence-electron chi connectivity index (χ2n) is 7.41. The van der Waals surface area contributed by atoms with E-state index in [0.29, 0.717) is 18.5 Å². The van der Waals surface area contributed by atoms with E-state index in [0.717, 1.165) is 11.1 Å². The highest BCUT2D eigenvalue weighted by atomic mass is 16.4. The number of nitrogens with one attached hydrogen (secondary N) is 1. The predicted octanol–water partition coefficient (Wildman–Crippen LogP) is 2.27. The first-order valence-corrected chi connectivity index (χ1v) is 9.45. The van der Waals surface area contributed by atoms with Gasteiger partial charge in [0.25, 0.3) is 5.91 Å². The minimum atomic E-state index is -1.82. The molecule has 7 heteroatoms. The van der Waals surface area contributed by atoms with Crippen LogP contribution in [0.4, 0.5) is 5.69 Å². The lowest BCUT2D eigenvalue weighted by Gasteiger charge is -2.31. The van der Waals surface area contributed by atoms with E-state index in [4.69, 9.17) is 0 Å². The smallest absolute Gasteiger partial charge is 0.339 e. The van der Waals surface area contributed by atoms with Gasteiger partial charge in [0, 0.05) is 25.7 Å². The summed E-state index contributed by atoms with van der Waals surface area (Å²) in [6, 6.07) is 16.6. The van der Waals surface area contributed by atoms with Crippen molar-refractivity contribution in [3.8, 4) is 0 Å². The number of hydrogen-bond donors (Lipinski definition) is 3. The van der Waals surface area contributed by atoms with Crippen molar-refractivity contribution in [2.75, 3.05) is 18.9 Å². The van der Waals surface area contributed by atoms with Crippen molar-refractivity contribution in [1.29, 1.82) is 0 Å². The summed E-state index contributed by atoms with van der Waals surface area (Å²) in [6.07, 6.45) is 0.932. The van der Waals surface area contributed by atoms with Crippen molar-refractivity contribution < 1.29 is 24.6 Å². The highest BCUT2D eigenvalue weighted by molar-refractivity contribution is 6.11. The lowest BCUT2D eigenvalue weighted by atomic mass is 9.92. The topological polar surface area (TPSA) is 107 Å². The van der Waals surface area contributed by atoms with Gasteiger partial charge in [0.2, 0.25) is 5.54 Å². The predicted molar refractivity (Wildman–Crippen MR) is 108 cm³/mol. The van der Waals surface area contributed by atoms with Crippen LogP contribution in [0.5, 0.6) is 0 Å². The Bertz CT molecular complexity index is 887. The molecule has 2 atom stereocenters. The minimum absolute atomic E-state index is 0.0173. The molecule has 1 aliphatic heterocycles. The van der Waals surface area contributed by atoms with Gasteiger partial charge in [0.15, 0.2) is 0 Å². The molecule has 0 fully saturated rings. The number of amides is 1. The van der Waals surface area contributed by atoms with E-state index >= 15 is 0 Å². The number of aliphatic carboxylic acids is 2. The summed E-state index contributed by atoms with van der Waals surface area (Å²) < 4.78 is 0. The highest BCUT2D eigenvalue weighted by Crippen LogP contribution is 2.34. The molecule has 1 heterocycles. The first-order valence-electron chi connectivity index (χ1n) is 9.45.